The lowest BCUT2D eigenvalue weighted by Gasteiger charge is -2.11. The van der Waals surface area contributed by atoms with Crippen LogP contribution in [0.3, 0.4) is 0 Å². The van der Waals surface area contributed by atoms with E-state index in [9.17, 15) is 13.6 Å². The Morgan fingerprint density at radius 3 is 2.35 bits per heavy atom. The molecule has 1 amide bonds. The number of hydrogen-bond donors (Lipinski definition) is 2. The van der Waals surface area contributed by atoms with Crippen molar-refractivity contribution < 1.29 is 18.3 Å². The molecule has 1 saturated carbocycles. The summed E-state index contributed by atoms with van der Waals surface area (Å²) < 4.78 is 31.2. The quantitative estimate of drug-likeness (QED) is 0.842. The number of carbonyl (C=O) groups excluding carboxylic acids is 1. The zero-order valence-corrected chi connectivity index (χ0v) is 9.22. The van der Waals surface area contributed by atoms with Crippen LogP contribution in [0.2, 0.25) is 0 Å². The van der Waals surface area contributed by atoms with Crippen molar-refractivity contribution in [2.75, 3.05) is 12.4 Å². The lowest BCUT2D eigenvalue weighted by Crippen LogP contribution is -2.37. The smallest absolute Gasteiger partial charge is 0.244 e. The molecule has 1 aliphatic carbocycles. The first kappa shape index (κ1) is 11.8. The van der Waals surface area contributed by atoms with Gasteiger partial charge in [-0.05, 0) is 12.8 Å². The minimum Gasteiger partial charge on any atom is -0.491 e. The van der Waals surface area contributed by atoms with Crippen LogP contribution in [-0.2, 0) is 4.79 Å². The van der Waals surface area contributed by atoms with Crippen LogP contribution in [0.25, 0.3) is 0 Å². The molecule has 17 heavy (non-hydrogen) atoms. The Bertz CT molecular complexity index is 450. The number of nitrogens with two attached hydrogens (primary N) is 1. The monoisotopic (exact) mass is 242 g/mol. The van der Waals surface area contributed by atoms with Gasteiger partial charge < -0.3 is 15.8 Å². The Hall–Kier alpha value is -1.69. The van der Waals surface area contributed by atoms with Crippen molar-refractivity contribution in [3.05, 3.63) is 23.8 Å². The minimum atomic E-state index is -0.882. The van der Waals surface area contributed by atoms with Gasteiger partial charge in [0.2, 0.25) is 5.91 Å². The predicted molar refractivity (Wildman–Crippen MR) is 57.7 cm³/mol. The van der Waals surface area contributed by atoms with Gasteiger partial charge in [0, 0.05) is 17.8 Å². The number of amides is 1. The second-order valence-corrected chi connectivity index (χ2v) is 4.08. The summed E-state index contributed by atoms with van der Waals surface area (Å²) in [5, 5.41) is 2.38. The van der Waals surface area contributed by atoms with Crippen molar-refractivity contribution in [1.82, 2.24) is 0 Å². The summed E-state index contributed by atoms with van der Waals surface area (Å²) in [5.41, 5.74) is 4.79. The van der Waals surface area contributed by atoms with E-state index in [2.05, 4.69) is 10.1 Å². The molecule has 3 N–H and O–H groups in total. The maximum absolute atomic E-state index is 13.3. The maximum atomic E-state index is 13.3. The van der Waals surface area contributed by atoms with Gasteiger partial charge in [0.1, 0.15) is 0 Å². The fourth-order valence-corrected chi connectivity index (χ4v) is 1.44. The standard InChI is InChI=1S/C11H12F2N2O2/c1-17-9-7(12)4-6(5-8(9)13)15-10(16)11(14)2-3-11/h4-5H,2-3,14H2,1H3,(H,15,16). The van der Waals surface area contributed by atoms with Gasteiger partial charge in [0.05, 0.1) is 12.6 Å². The van der Waals surface area contributed by atoms with Gasteiger partial charge in [0.15, 0.2) is 17.4 Å². The summed E-state index contributed by atoms with van der Waals surface area (Å²) in [4.78, 5) is 11.6. The summed E-state index contributed by atoms with van der Waals surface area (Å²) in [6.45, 7) is 0. The van der Waals surface area contributed by atoms with Gasteiger partial charge in [-0.2, -0.15) is 0 Å². The Morgan fingerprint density at radius 2 is 1.94 bits per heavy atom. The molecule has 0 unspecified atom stereocenters. The number of ether oxygens (including phenoxy) is 1. The van der Waals surface area contributed by atoms with Crippen molar-refractivity contribution >= 4 is 11.6 Å². The second kappa shape index (κ2) is 3.96. The minimum absolute atomic E-state index is 0.0301. The number of benzene rings is 1. The Balaban J connectivity index is 2.20. The van der Waals surface area contributed by atoms with Gasteiger partial charge in [0.25, 0.3) is 0 Å². The molecule has 2 rings (SSSR count). The Morgan fingerprint density at radius 1 is 1.41 bits per heavy atom. The van der Waals surface area contributed by atoms with E-state index in [0.717, 1.165) is 12.1 Å². The third-order valence-electron chi connectivity index (χ3n) is 2.70. The van der Waals surface area contributed by atoms with E-state index >= 15 is 0 Å². The van der Waals surface area contributed by atoms with E-state index in [1.54, 1.807) is 0 Å². The molecule has 1 aromatic carbocycles. The summed E-state index contributed by atoms with van der Waals surface area (Å²) in [7, 11) is 1.17. The molecule has 0 aromatic heterocycles. The van der Waals surface area contributed by atoms with E-state index in [4.69, 9.17) is 5.73 Å². The number of methoxy groups -OCH3 is 1. The van der Waals surface area contributed by atoms with E-state index in [1.807, 2.05) is 0 Å². The summed E-state index contributed by atoms with van der Waals surface area (Å²) in [6, 6.07) is 1.98. The third-order valence-corrected chi connectivity index (χ3v) is 2.70. The first-order chi connectivity index (χ1) is 7.96. The molecular weight excluding hydrogens is 230 g/mol. The highest BCUT2D eigenvalue weighted by molar-refractivity contribution is 6.00. The van der Waals surface area contributed by atoms with Crippen molar-refractivity contribution in [3.63, 3.8) is 0 Å². The predicted octanol–water partition coefficient (Wildman–Crippen LogP) is 1.40. The van der Waals surface area contributed by atoms with E-state index in [1.165, 1.54) is 7.11 Å². The number of nitrogens with one attached hydrogen (secondary N) is 1. The van der Waals surface area contributed by atoms with E-state index < -0.39 is 28.8 Å². The van der Waals surface area contributed by atoms with Crippen LogP contribution in [0.15, 0.2) is 12.1 Å². The molecule has 0 radical (unpaired) electrons. The highest BCUT2D eigenvalue weighted by Gasteiger charge is 2.46. The number of anilines is 1. The topological polar surface area (TPSA) is 64.3 Å². The lowest BCUT2D eigenvalue weighted by atomic mass is 10.2. The van der Waals surface area contributed by atoms with Gasteiger partial charge in [-0.15, -0.1) is 0 Å². The molecule has 0 bridgehead atoms. The van der Waals surface area contributed by atoms with Gasteiger partial charge in [-0.25, -0.2) is 8.78 Å². The number of halogens is 2. The molecule has 92 valence electrons. The van der Waals surface area contributed by atoms with Crippen LogP contribution in [-0.4, -0.2) is 18.6 Å². The van der Waals surface area contributed by atoms with Gasteiger partial charge >= 0.3 is 0 Å². The first-order valence-electron chi connectivity index (χ1n) is 5.09. The number of carbonyl (C=O) groups is 1. The Kier molecular flexibility index (Phi) is 2.74. The molecule has 6 heteroatoms. The van der Waals surface area contributed by atoms with Crippen LogP contribution in [0.5, 0.6) is 5.75 Å². The fourth-order valence-electron chi connectivity index (χ4n) is 1.44. The van der Waals surface area contributed by atoms with Crippen LogP contribution in [0.4, 0.5) is 14.5 Å². The highest BCUT2D eigenvalue weighted by atomic mass is 19.1. The average molecular weight is 242 g/mol. The van der Waals surface area contributed by atoms with Gasteiger partial charge in [-0.1, -0.05) is 0 Å². The summed E-state index contributed by atoms with van der Waals surface area (Å²) in [6.07, 6.45) is 1.17. The molecule has 1 fully saturated rings. The Labute approximate surface area is 96.7 Å². The fraction of sp³-hybridized carbons (Fsp3) is 0.364. The largest absolute Gasteiger partial charge is 0.491 e. The van der Waals surface area contributed by atoms with Crippen molar-refractivity contribution in [2.45, 2.75) is 18.4 Å². The summed E-state index contributed by atoms with van der Waals surface area (Å²) >= 11 is 0. The molecule has 1 aliphatic rings. The van der Waals surface area contributed by atoms with Gasteiger partial charge in [-0.3, -0.25) is 4.79 Å². The highest BCUT2D eigenvalue weighted by Crippen LogP contribution is 2.34. The van der Waals surface area contributed by atoms with Crippen LogP contribution >= 0.6 is 0 Å². The zero-order valence-electron chi connectivity index (χ0n) is 9.22. The van der Waals surface area contributed by atoms with Crippen LogP contribution < -0.4 is 15.8 Å². The maximum Gasteiger partial charge on any atom is 0.244 e. The first-order valence-corrected chi connectivity index (χ1v) is 5.09. The summed E-state index contributed by atoms with van der Waals surface area (Å²) in [5.74, 6) is -2.65. The lowest BCUT2D eigenvalue weighted by molar-refractivity contribution is -0.118. The van der Waals surface area contributed by atoms with E-state index in [-0.39, 0.29) is 5.69 Å². The number of hydrogen-bond acceptors (Lipinski definition) is 3. The zero-order chi connectivity index (χ0) is 12.6. The molecule has 1 aromatic rings. The molecular formula is C11H12F2N2O2. The van der Waals surface area contributed by atoms with E-state index in [0.29, 0.717) is 12.8 Å². The SMILES string of the molecule is COc1c(F)cc(NC(=O)C2(N)CC2)cc1F. The molecule has 0 aliphatic heterocycles. The molecule has 0 atom stereocenters. The van der Waals surface area contributed by atoms with Crippen LogP contribution in [0, 0.1) is 11.6 Å². The van der Waals surface area contributed by atoms with Crippen molar-refractivity contribution in [1.29, 1.82) is 0 Å². The molecule has 0 heterocycles. The third kappa shape index (κ3) is 2.21. The molecule has 0 saturated heterocycles. The normalized spacial score (nSPS) is 16.5. The number of rotatable bonds is 3. The van der Waals surface area contributed by atoms with Crippen molar-refractivity contribution in [3.8, 4) is 5.75 Å². The average Bonchev–Trinajstić information content (AvgIpc) is 2.97. The van der Waals surface area contributed by atoms with Crippen LogP contribution in [0.1, 0.15) is 12.8 Å². The van der Waals surface area contributed by atoms with Crippen molar-refractivity contribution in [2.24, 2.45) is 5.73 Å². The molecule has 4 nitrogen and oxygen atoms in total. The molecule has 0 spiro atoms. The second-order valence-electron chi connectivity index (χ2n) is 4.08.